The Morgan fingerprint density at radius 2 is 1.81 bits per heavy atom. The van der Waals surface area contributed by atoms with Crippen LogP contribution in [0.1, 0.15) is 24.0 Å². The highest BCUT2D eigenvalue weighted by molar-refractivity contribution is 5.95. The van der Waals surface area contributed by atoms with Gasteiger partial charge in [-0.1, -0.05) is 66.7 Å². The van der Waals surface area contributed by atoms with Gasteiger partial charge >= 0.3 is 6.09 Å². The average Bonchev–Trinajstić information content (AvgIpc) is 3.15. The van der Waals surface area contributed by atoms with Crippen LogP contribution in [0.15, 0.2) is 73.3 Å². The van der Waals surface area contributed by atoms with Crippen molar-refractivity contribution in [2.45, 2.75) is 38.0 Å². The quantitative estimate of drug-likeness (QED) is 0.440. The van der Waals surface area contributed by atoms with E-state index in [0.717, 1.165) is 16.0 Å². The van der Waals surface area contributed by atoms with E-state index in [2.05, 4.69) is 6.58 Å². The first-order chi connectivity index (χ1) is 15.1. The van der Waals surface area contributed by atoms with Crippen molar-refractivity contribution in [3.05, 3.63) is 84.4 Å². The first-order valence-electron chi connectivity index (χ1n) is 10.5. The first-order valence-corrected chi connectivity index (χ1v) is 10.5. The topological polar surface area (TPSA) is 76.1 Å². The number of aliphatic hydroxyl groups is 1. The van der Waals surface area contributed by atoms with E-state index in [9.17, 15) is 14.7 Å². The van der Waals surface area contributed by atoms with Crippen LogP contribution < -0.4 is 0 Å². The molecular formula is C25H29NO5. The second-order valence-corrected chi connectivity index (χ2v) is 7.65. The number of hydrogen-bond donors (Lipinski definition) is 1. The van der Waals surface area contributed by atoms with Gasteiger partial charge in [-0.25, -0.2) is 9.69 Å². The molecule has 0 aliphatic carbocycles. The Labute approximate surface area is 183 Å². The minimum absolute atomic E-state index is 0.149. The van der Waals surface area contributed by atoms with Crippen LogP contribution >= 0.6 is 0 Å². The lowest BCUT2D eigenvalue weighted by molar-refractivity contribution is -0.137. The molecule has 2 amide bonds. The van der Waals surface area contributed by atoms with Gasteiger partial charge in [-0.05, 0) is 30.4 Å². The zero-order valence-corrected chi connectivity index (χ0v) is 17.6. The Morgan fingerprint density at radius 1 is 1.16 bits per heavy atom. The smallest absolute Gasteiger partial charge is 0.416 e. The van der Waals surface area contributed by atoms with Crippen molar-refractivity contribution in [3.8, 4) is 0 Å². The maximum atomic E-state index is 13.2. The second-order valence-electron chi connectivity index (χ2n) is 7.65. The molecule has 1 aliphatic rings. The summed E-state index contributed by atoms with van der Waals surface area (Å²) in [6, 6.07) is 19.0. The normalized spacial score (nSPS) is 17.8. The molecule has 0 unspecified atom stereocenters. The summed E-state index contributed by atoms with van der Waals surface area (Å²) in [5, 5.41) is 10.7. The highest BCUT2D eigenvalue weighted by Gasteiger charge is 2.42. The lowest BCUT2D eigenvalue weighted by Gasteiger charge is -2.27. The van der Waals surface area contributed by atoms with Gasteiger partial charge in [0.2, 0.25) is 5.91 Å². The Hall–Kier alpha value is -2.96. The van der Waals surface area contributed by atoms with Crippen LogP contribution in [0.3, 0.4) is 0 Å². The molecule has 2 aromatic carbocycles. The van der Waals surface area contributed by atoms with E-state index in [4.69, 9.17) is 9.47 Å². The van der Waals surface area contributed by atoms with E-state index >= 15 is 0 Å². The number of ether oxygens (including phenoxy) is 2. The fourth-order valence-corrected chi connectivity index (χ4v) is 3.72. The van der Waals surface area contributed by atoms with E-state index in [1.807, 2.05) is 60.7 Å². The van der Waals surface area contributed by atoms with Gasteiger partial charge in [0.05, 0.1) is 24.7 Å². The number of nitrogens with zero attached hydrogens (tertiary/aromatic N) is 1. The number of rotatable bonds is 11. The third kappa shape index (κ3) is 6.26. The second kappa shape index (κ2) is 11.4. The minimum atomic E-state index is -0.952. The molecule has 3 rings (SSSR count). The van der Waals surface area contributed by atoms with Gasteiger partial charge in [-0.3, -0.25) is 4.79 Å². The Balaban J connectivity index is 1.59. The van der Waals surface area contributed by atoms with Crippen LogP contribution in [-0.2, 0) is 27.3 Å². The molecule has 6 heteroatoms. The number of aliphatic hydroxyl groups excluding tert-OH is 1. The van der Waals surface area contributed by atoms with E-state index in [1.165, 1.54) is 0 Å². The number of allylic oxidation sites excluding steroid dienone is 1. The summed E-state index contributed by atoms with van der Waals surface area (Å²) in [7, 11) is 0. The Kier molecular flexibility index (Phi) is 8.38. The number of cyclic esters (lactones) is 1. The van der Waals surface area contributed by atoms with Gasteiger partial charge in [0.25, 0.3) is 0 Å². The Bertz CT molecular complexity index is 855. The zero-order valence-electron chi connectivity index (χ0n) is 17.6. The van der Waals surface area contributed by atoms with Crippen molar-refractivity contribution < 1.29 is 24.2 Å². The lowest BCUT2D eigenvalue weighted by Crippen LogP contribution is -2.46. The molecule has 2 aromatic rings. The first kappa shape index (κ1) is 22.7. The minimum Gasteiger partial charge on any atom is -0.447 e. The van der Waals surface area contributed by atoms with E-state index in [0.29, 0.717) is 19.6 Å². The van der Waals surface area contributed by atoms with Crippen molar-refractivity contribution in [2.75, 3.05) is 13.2 Å². The summed E-state index contributed by atoms with van der Waals surface area (Å²) >= 11 is 0. The number of amides is 2. The fourth-order valence-electron chi connectivity index (χ4n) is 3.72. The van der Waals surface area contributed by atoms with Crippen LogP contribution in [0, 0.1) is 5.92 Å². The van der Waals surface area contributed by atoms with Crippen molar-refractivity contribution in [3.63, 3.8) is 0 Å². The number of hydrogen-bond acceptors (Lipinski definition) is 5. The van der Waals surface area contributed by atoms with Gasteiger partial charge in [-0.15, -0.1) is 6.58 Å². The summed E-state index contributed by atoms with van der Waals surface area (Å²) in [5.41, 5.74) is 2.05. The van der Waals surface area contributed by atoms with Crippen molar-refractivity contribution in [1.82, 2.24) is 4.90 Å². The van der Waals surface area contributed by atoms with Crippen LogP contribution in [0.5, 0.6) is 0 Å². The van der Waals surface area contributed by atoms with Gasteiger partial charge in [0.15, 0.2) is 0 Å². The predicted molar refractivity (Wildman–Crippen MR) is 117 cm³/mol. The molecule has 0 radical (unpaired) electrons. The maximum absolute atomic E-state index is 13.2. The summed E-state index contributed by atoms with van der Waals surface area (Å²) in [6.07, 6.45) is 1.03. The van der Waals surface area contributed by atoms with E-state index in [-0.39, 0.29) is 19.4 Å². The van der Waals surface area contributed by atoms with Crippen LogP contribution in [0.2, 0.25) is 0 Å². The molecule has 0 aromatic heterocycles. The summed E-state index contributed by atoms with van der Waals surface area (Å²) in [6.45, 7) is 4.59. The van der Waals surface area contributed by atoms with Gasteiger partial charge < -0.3 is 14.6 Å². The predicted octanol–water partition coefficient (Wildman–Crippen LogP) is 3.74. The molecular weight excluding hydrogens is 394 g/mol. The SMILES string of the molecule is C=CC[C@@H](C(=O)N1C(=O)OC[C@H]1Cc1ccccc1)[C@@H](O)CCOCc1ccccc1. The molecule has 0 spiro atoms. The fraction of sp³-hybridized carbons (Fsp3) is 0.360. The Morgan fingerprint density at radius 3 is 2.45 bits per heavy atom. The number of imide groups is 1. The number of carbonyl (C=O) groups excluding carboxylic acids is 2. The summed E-state index contributed by atoms with van der Waals surface area (Å²) in [4.78, 5) is 26.7. The molecule has 1 aliphatic heterocycles. The summed E-state index contributed by atoms with van der Waals surface area (Å²) < 4.78 is 10.8. The molecule has 1 N–H and O–H groups in total. The molecule has 1 fully saturated rings. The molecule has 0 saturated carbocycles. The lowest BCUT2D eigenvalue weighted by atomic mass is 9.93. The molecule has 3 atom stereocenters. The third-order valence-electron chi connectivity index (χ3n) is 5.38. The highest BCUT2D eigenvalue weighted by atomic mass is 16.6. The van der Waals surface area contributed by atoms with Crippen LogP contribution in [0.4, 0.5) is 4.79 Å². The summed E-state index contributed by atoms with van der Waals surface area (Å²) in [5.74, 6) is -1.21. The molecule has 1 saturated heterocycles. The third-order valence-corrected chi connectivity index (χ3v) is 5.38. The zero-order chi connectivity index (χ0) is 22.1. The van der Waals surface area contributed by atoms with E-state index < -0.39 is 30.1 Å². The molecule has 0 bridgehead atoms. The number of benzene rings is 2. The standard InChI is InChI=1S/C25H29NO5/c1-2-9-22(23(27)14-15-30-17-20-12-7-4-8-13-20)24(28)26-21(18-31-25(26)29)16-19-10-5-3-6-11-19/h2-8,10-13,21-23,27H,1,9,14-18H2/t21-,22-,23+/m1/s1. The molecule has 31 heavy (non-hydrogen) atoms. The van der Waals surface area contributed by atoms with Crippen molar-refractivity contribution >= 4 is 12.0 Å². The van der Waals surface area contributed by atoms with Gasteiger partial charge in [0, 0.05) is 6.61 Å². The molecule has 6 nitrogen and oxygen atoms in total. The molecule has 1 heterocycles. The monoisotopic (exact) mass is 423 g/mol. The van der Waals surface area contributed by atoms with Gasteiger partial charge in [0.1, 0.15) is 6.61 Å². The van der Waals surface area contributed by atoms with E-state index in [1.54, 1.807) is 6.08 Å². The number of carbonyl (C=O) groups is 2. The van der Waals surface area contributed by atoms with Gasteiger partial charge in [-0.2, -0.15) is 0 Å². The van der Waals surface area contributed by atoms with Crippen LogP contribution in [-0.4, -0.2) is 47.4 Å². The van der Waals surface area contributed by atoms with Crippen LogP contribution in [0.25, 0.3) is 0 Å². The van der Waals surface area contributed by atoms with Crippen molar-refractivity contribution in [2.24, 2.45) is 5.92 Å². The van der Waals surface area contributed by atoms with Crippen molar-refractivity contribution in [1.29, 1.82) is 0 Å². The largest absolute Gasteiger partial charge is 0.447 e. The average molecular weight is 424 g/mol. The maximum Gasteiger partial charge on any atom is 0.416 e. The molecule has 164 valence electrons. The highest BCUT2D eigenvalue weighted by Crippen LogP contribution is 2.24.